The Balaban J connectivity index is 2.22. The van der Waals surface area contributed by atoms with Gasteiger partial charge in [0, 0.05) is 18.7 Å². The highest BCUT2D eigenvalue weighted by molar-refractivity contribution is 5.71. The zero-order chi connectivity index (χ0) is 14.2. The van der Waals surface area contributed by atoms with Crippen molar-refractivity contribution >= 4 is 5.82 Å². The molecular weight excluding hydrogens is 248 g/mol. The third-order valence-corrected chi connectivity index (χ3v) is 3.44. The second-order valence-electron chi connectivity index (χ2n) is 5.06. The van der Waals surface area contributed by atoms with Gasteiger partial charge in [0.2, 0.25) is 0 Å². The van der Waals surface area contributed by atoms with Gasteiger partial charge in [0.15, 0.2) is 5.82 Å². The molecule has 1 N–H and O–H groups in total. The Morgan fingerprint density at radius 3 is 2.20 bits per heavy atom. The summed E-state index contributed by atoms with van der Waals surface area (Å²) in [6.45, 7) is 6.53. The second kappa shape index (κ2) is 7.68. The summed E-state index contributed by atoms with van der Waals surface area (Å²) in [5.74, 6) is 0.984. The van der Waals surface area contributed by atoms with Crippen LogP contribution in [0.15, 0.2) is 30.3 Å². The Hall–Kier alpha value is -1.84. The molecule has 1 heterocycles. The van der Waals surface area contributed by atoms with Crippen molar-refractivity contribution in [2.24, 2.45) is 0 Å². The topological polar surface area (TPSA) is 44.8 Å². The summed E-state index contributed by atoms with van der Waals surface area (Å²) in [5.41, 5.74) is 2.08. The molecule has 0 spiro atoms. The summed E-state index contributed by atoms with van der Waals surface area (Å²) in [4.78, 5) is 2.36. The quantitative estimate of drug-likeness (QED) is 0.793. The molecule has 1 aromatic carbocycles. The average molecular weight is 272 g/mol. The van der Waals surface area contributed by atoms with Crippen molar-refractivity contribution in [2.75, 3.05) is 18.0 Å². The summed E-state index contributed by atoms with van der Waals surface area (Å²) in [5, 5.41) is 11.5. The van der Waals surface area contributed by atoms with Crippen molar-refractivity contribution in [3.8, 4) is 11.3 Å². The molecule has 108 valence electrons. The Morgan fingerprint density at radius 1 is 0.950 bits per heavy atom. The lowest BCUT2D eigenvalue weighted by atomic mass is 10.1. The zero-order valence-corrected chi connectivity index (χ0v) is 12.5. The maximum atomic E-state index is 4.39. The highest BCUT2D eigenvalue weighted by atomic mass is 15.4. The van der Waals surface area contributed by atoms with Crippen LogP contribution in [0.5, 0.6) is 0 Å². The Labute approximate surface area is 121 Å². The second-order valence-corrected chi connectivity index (χ2v) is 5.06. The maximum Gasteiger partial charge on any atom is 0.179 e. The number of hydrogen-bond donors (Lipinski definition) is 1. The molecule has 0 radical (unpaired) electrons. The lowest BCUT2D eigenvalue weighted by molar-refractivity contribution is 0.670. The van der Waals surface area contributed by atoms with E-state index in [9.17, 15) is 0 Å². The molecule has 2 rings (SSSR count). The van der Waals surface area contributed by atoms with Crippen LogP contribution in [0.4, 0.5) is 5.82 Å². The largest absolute Gasteiger partial charge is 0.353 e. The van der Waals surface area contributed by atoms with E-state index in [1.807, 2.05) is 18.2 Å². The van der Waals surface area contributed by atoms with E-state index >= 15 is 0 Å². The smallest absolute Gasteiger partial charge is 0.179 e. The number of nitrogens with zero attached hydrogens (tertiary/aromatic N) is 3. The lowest BCUT2D eigenvalue weighted by Gasteiger charge is -2.22. The molecule has 0 aliphatic heterocycles. The van der Waals surface area contributed by atoms with E-state index in [0.29, 0.717) is 0 Å². The Morgan fingerprint density at radius 2 is 1.60 bits per heavy atom. The zero-order valence-electron chi connectivity index (χ0n) is 12.5. The molecule has 2 aromatic rings. The molecule has 0 amide bonds. The number of aromatic amines is 1. The van der Waals surface area contributed by atoms with Crippen LogP contribution in [0.2, 0.25) is 0 Å². The van der Waals surface area contributed by atoms with E-state index < -0.39 is 0 Å². The summed E-state index contributed by atoms with van der Waals surface area (Å²) >= 11 is 0. The van der Waals surface area contributed by atoms with Crippen LogP contribution in [0.3, 0.4) is 0 Å². The molecule has 4 nitrogen and oxygen atoms in total. The fourth-order valence-corrected chi connectivity index (χ4v) is 2.26. The third kappa shape index (κ3) is 3.59. The number of rotatable bonds is 8. The molecule has 20 heavy (non-hydrogen) atoms. The third-order valence-electron chi connectivity index (χ3n) is 3.44. The number of benzene rings is 1. The standard InChI is InChI=1S/C16H24N4/c1-3-5-12-20(13-6-4-2)16-15(17-19-18-16)14-10-8-7-9-11-14/h7-11H,3-6,12-13H2,1-2H3,(H,17,18,19). The number of unbranched alkanes of at least 4 members (excludes halogenated alkanes) is 2. The SMILES string of the molecule is CCCCN(CCCC)c1n[nH]nc1-c1ccccc1. The fourth-order valence-electron chi connectivity index (χ4n) is 2.26. The van der Waals surface area contributed by atoms with E-state index in [1.54, 1.807) is 0 Å². The van der Waals surface area contributed by atoms with Crippen LogP contribution in [0.25, 0.3) is 11.3 Å². The van der Waals surface area contributed by atoms with Crippen LogP contribution in [0, 0.1) is 0 Å². The molecule has 0 bridgehead atoms. The Bertz CT molecular complexity index is 484. The number of nitrogens with one attached hydrogen (secondary N) is 1. The monoisotopic (exact) mass is 272 g/mol. The van der Waals surface area contributed by atoms with Gasteiger partial charge in [-0.25, -0.2) is 0 Å². The van der Waals surface area contributed by atoms with Crippen molar-refractivity contribution in [1.82, 2.24) is 15.4 Å². The summed E-state index contributed by atoms with van der Waals surface area (Å²) in [6.07, 6.45) is 4.76. The van der Waals surface area contributed by atoms with Gasteiger partial charge >= 0.3 is 0 Å². The minimum atomic E-state index is 0.956. The summed E-state index contributed by atoms with van der Waals surface area (Å²) in [6, 6.07) is 10.3. The van der Waals surface area contributed by atoms with E-state index in [0.717, 1.165) is 30.2 Å². The molecule has 0 atom stereocenters. The highest BCUT2D eigenvalue weighted by Gasteiger charge is 2.16. The van der Waals surface area contributed by atoms with Crippen molar-refractivity contribution in [3.05, 3.63) is 30.3 Å². The first-order chi connectivity index (χ1) is 9.86. The molecule has 0 fully saturated rings. The first kappa shape index (κ1) is 14.6. The molecule has 0 aliphatic carbocycles. The number of hydrogen-bond acceptors (Lipinski definition) is 3. The van der Waals surface area contributed by atoms with E-state index in [4.69, 9.17) is 0 Å². The van der Waals surface area contributed by atoms with Crippen LogP contribution >= 0.6 is 0 Å². The van der Waals surface area contributed by atoms with Gasteiger partial charge in [-0.05, 0) is 12.8 Å². The first-order valence-corrected chi connectivity index (χ1v) is 7.58. The minimum absolute atomic E-state index is 0.956. The predicted octanol–water partition coefficient (Wildman–Crippen LogP) is 3.88. The molecule has 0 saturated carbocycles. The van der Waals surface area contributed by atoms with Gasteiger partial charge in [-0.3, -0.25) is 0 Å². The van der Waals surface area contributed by atoms with Crippen molar-refractivity contribution in [1.29, 1.82) is 0 Å². The number of H-pyrrole nitrogens is 1. The van der Waals surface area contributed by atoms with E-state index in [2.05, 4.69) is 46.3 Å². The van der Waals surface area contributed by atoms with E-state index in [-0.39, 0.29) is 0 Å². The van der Waals surface area contributed by atoms with Gasteiger partial charge in [0.25, 0.3) is 0 Å². The molecule has 0 saturated heterocycles. The first-order valence-electron chi connectivity index (χ1n) is 7.58. The molecule has 4 heteroatoms. The number of aromatic nitrogens is 3. The van der Waals surface area contributed by atoms with Crippen molar-refractivity contribution in [3.63, 3.8) is 0 Å². The van der Waals surface area contributed by atoms with Gasteiger partial charge in [-0.1, -0.05) is 57.0 Å². The Kier molecular flexibility index (Phi) is 5.59. The normalized spacial score (nSPS) is 10.7. The van der Waals surface area contributed by atoms with Crippen molar-refractivity contribution < 1.29 is 0 Å². The van der Waals surface area contributed by atoms with Gasteiger partial charge in [-0.15, -0.1) is 5.10 Å². The van der Waals surface area contributed by atoms with Crippen LogP contribution < -0.4 is 4.90 Å². The van der Waals surface area contributed by atoms with E-state index in [1.165, 1.54) is 25.7 Å². The maximum absolute atomic E-state index is 4.39. The van der Waals surface area contributed by atoms with Gasteiger partial charge < -0.3 is 4.90 Å². The summed E-state index contributed by atoms with van der Waals surface area (Å²) < 4.78 is 0. The molecule has 0 unspecified atom stereocenters. The number of anilines is 1. The van der Waals surface area contributed by atoms with Crippen LogP contribution in [-0.2, 0) is 0 Å². The molecule has 0 aliphatic rings. The fraction of sp³-hybridized carbons (Fsp3) is 0.500. The van der Waals surface area contributed by atoms with Gasteiger partial charge in [0.05, 0.1) is 0 Å². The molecular formula is C16H24N4. The van der Waals surface area contributed by atoms with Gasteiger partial charge in [-0.2, -0.15) is 10.3 Å². The predicted molar refractivity (Wildman–Crippen MR) is 83.8 cm³/mol. The minimum Gasteiger partial charge on any atom is -0.353 e. The highest BCUT2D eigenvalue weighted by Crippen LogP contribution is 2.26. The van der Waals surface area contributed by atoms with Crippen molar-refractivity contribution in [2.45, 2.75) is 39.5 Å². The molecule has 1 aromatic heterocycles. The van der Waals surface area contributed by atoms with Gasteiger partial charge in [0.1, 0.15) is 5.69 Å². The lowest BCUT2D eigenvalue weighted by Crippen LogP contribution is -2.26. The summed E-state index contributed by atoms with van der Waals surface area (Å²) in [7, 11) is 0. The average Bonchev–Trinajstić information content (AvgIpc) is 2.98. The van der Waals surface area contributed by atoms with Crippen LogP contribution in [-0.4, -0.2) is 28.5 Å². The van der Waals surface area contributed by atoms with Crippen LogP contribution in [0.1, 0.15) is 39.5 Å².